The number of carbonyl (C=O) groups is 1. The first-order chi connectivity index (χ1) is 14.3. The maximum atomic E-state index is 11.9. The predicted octanol–water partition coefficient (Wildman–Crippen LogP) is 2.20. The second-order valence-corrected chi connectivity index (χ2v) is 6.92. The third-order valence-electron chi connectivity index (χ3n) is 4.65. The second-order valence-electron chi connectivity index (χ2n) is 6.92. The van der Waals surface area contributed by atoms with E-state index in [9.17, 15) is 4.79 Å². The van der Waals surface area contributed by atoms with E-state index in [2.05, 4.69) is 20.7 Å². The molecule has 0 unspecified atom stereocenters. The Bertz CT molecular complexity index is 1020. The molecule has 2 aromatic rings. The number of carbonyl (C=O) groups excluding carboxylic acids is 1. The van der Waals surface area contributed by atoms with Crippen LogP contribution in [0.15, 0.2) is 22.7 Å². The molecule has 9 nitrogen and oxygen atoms in total. The number of primary amides is 1. The molecule has 160 valence electrons. The van der Waals surface area contributed by atoms with Gasteiger partial charge in [-0.2, -0.15) is 5.10 Å². The Kier molecular flexibility index (Phi) is 7.60. The van der Waals surface area contributed by atoms with Crippen LogP contribution in [-0.4, -0.2) is 53.2 Å². The number of aliphatic imine (C=N–C) groups is 1. The maximum absolute atomic E-state index is 11.9. The van der Waals surface area contributed by atoms with Crippen LogP contribution in [-0.2, 0) is 6.54 Å². The van der Waals surface area contributed by atoms with Gasteiger partial charge in [0.05, 0.1) is 22.8 Å². The average molecular weight is 411 g/mol. The van der Waals surface area contributed by atoms with Gasteiger partial charge in [0.25, 0.3) is 5.91 Å². The van der Waals surface area contributed by atoms with E-state index in [0.717, 1.165) is 29.2 Å². The minimum Gasteiger partial charge on any atom is -0.387 e. The summed E-state index contributed by atoms with van der Waals surface area (Å²) in [4.78, 5) is 21.2. The normalized spacial score (nSPS) is 12.5. The SMILES string of the molecule is CCn1nc(C)cc1C(C)=N/C(=C(\C)CNC)c1nc(C(N)=O)cc(NC)c1C=N. The van der Waals surface area contributed by atoms with Gasteiger partial charge in [0, 0.05) is 37.6 Å². The van der Waals surface area contributed by atoms with E-state index in [-0.39, 0.29) is 5.69 Å². The van der Waals surface area contributed by atoms with E-state index in [1.54, 1.807) is 13.1 Å². The van der Waals surface area contributed by atoms with Crippen molar-refractivity contribution in [1.29, 1.82) is 5.41 Å². The molecule has 0 radical (unpaired) electrons. The Morgan fingerprint density at radius 3 is 2.57 bits per heavy atom. The monoisotopic (exact) mass is 410 g/mol. The molecule has 9 heteroatoms. The van der Waals surface area contributed by atoms with Gasteiger partial charge in [-0.1, -0.05) is 0 Å². The number of nitrogens with zero attached hydrogens (tertiary/aromatic N) is 4. The van der Waals surface area contributed by atoms with Crippen LogP contribution in [0, 0.1) is 12.3 Å². The molecule has 0 saturated heterocycles. The standard InChI is InChI=1S/C21H30N8O/c1-7-29-18(8-13(3)28-29)14(4)26-19(12(2)11-24-5)20-15(10-22)16(25-6)9-17(27-20)21(23)30/h8-10,22,24H,7,11H2,1-6H3,(H2,23,30)(H,25,27)/b19-12+,22-10?,26-14?. The van der Waals surface area contributed by atoms with Crippen molar-refractivity contribution in [3.8, 4) is 0 Å². The Morgan fingerprint density at radius 1 is 1.33 bits per heavy atom. The molecule has 0 saturated carbocycles. The van der Waals surface area contributed by atoms with E-state index in [4.69, 9.17) is 16.1 Å². The van der Waals surface area contributed by atoms with Crippen molar-refractivity contribution in [2.75, 3.05) is 26.0 Å². The summed E-state index contributed by atoms with van der Waals surface area (Å²) in [7, 11) is 3.56. The Balaban J connectivity index is 2.81. The van der Waals surface area contributed by atoms with Gasteiger partial charge in [-0.3, -0.25) is 9.48 Å². The summed E-state index contributed by atoms with van der Waals surface area (Å²) in [6, 6.07) is 3.53. The van der Waals surface area contributed by atoms with Crippen molar-refractivity contribution in [3.05, 3.63) is 46.0 Å². The Morgan fingerprint density at radius 2 is 2.03 bits per heavy atom. The van der Waals surface area contributed by atoms with Crippen LogP contribution in [0.4, 0.5) is 5.69 Å². The van der Waals surface area contributed by atoms with Crippen molar-refractivity contribution in [3.63, 3.8) is 0 Å². The van der Waals surface area contributed by atoms with Crippen molar-refractivity contribution in [2.24, 2.45) is 10.7 Å². The summed E-state index contributed by atoms with van der Waals surface area (Å²) in [6.45, 7) is 9.10. The highest BCUT2D eigenvalue weighted by Crippen LogP contribution is 2.28. The van der Waals surface area contributed by atoms with Crippen LogP contribution in [0.25, 0.3) is 5.70 Å². The maximum Gasteiger partial charge on any atom is 0.267 e. The van der Waals surface area contributed by atoms with Crippen LogP contribution in [0.2, 0.25) is 0 Å². The van der Waals surface area contributed by atoms with E-state index in [1.165, 1.54) is 6.21 Å². The van der Waals surface area contributed by atoms with E-state index in [0.29, 0.717) is 29.2 Å². The molecule has 1 amide bonds. The number of likely N-dealkylation sites (N-methyl/N-ethyl adjacent to an activating group) is 1. The molecule has 2 rings (SSSR count). The zero-order valence-corrected chi connectivity index (χ0v) is 18.4. The Labute approximate surface area is 177 Å². The number of nitrogens with one attached hydrogen (secondary N) is 3. The van der Waals surface area contributed by atoms with E-state index in [1.807, 2.05) is 45.5 Å². The molecule has 0 aliphatic heterocycles. The molecule has 0 spiro atoms. The van der Waals surface area contributed by atoms with Gasteiger partial charge in [-0.15, -0.1) is 0 Å². The summed E-state index contributed by atoms with van der Waals surface area (Å²) >= 11 is 0. The lowest BCUT2D eigenvalue weighted by Gasteiger charge is -2.16. The molecular weight excluding hydrogens is 380 g/mol. The van der Waals surface area contributed by atoms with Crippen molar-refractivity contribution in [1.82, 2.24) is 20.1 Å². The summed E-state index contributed by atoms with van der Waals surface area (Å²) in [5, 5.41) is 18.6. The second kappa shape index (κ2) is 9.93. The highest BCUT2D eigenvalue weighted by Gasteiger charge is 2.19. The lowest BCUT2D eigenvalue weighted by atomic mass is 10.0. The van der Waals surface area contributed by atoms with Crippen molar-refractivity contribution >= 4 is 29.2 Å². The summed E-state index contributed by atoms with van der Waals surface area (Å²) < 4.78 is 1.89. The lowest BCUT2D eigenvalue weighted by molar-refractivity contribution is 0.0995. The fourth-order valence-corrected chi connectivity index (χ4v) is 3.22. The fourth-order valence-electron chi connectivity index (χ4n) is 3.22. The first kappa shape index (κ1) is 23.0. The van der Waals surface area contributed by atoms with Gasteiger partial charge >= 0.3 is 0 Å². The molecule has 5 N–H and O–H groups in total. The molecule has 2 heterocycles. The Hall–Kier alpha value is -3.33. The smallest absolute Gasteiger partial charge is 0.267 e. The zero-order chi connectivity index (χ0) is 22.4. The van der Waals surface area contributed by atoms with E-state index >= 15 is 0 Å². The van der Waals surface area contributed by atoms with Crippen LogP contribution < -0.4 is 16.4 Å². The number of rotatable bonds is 9. The summed E-state index contributed by atoms with van der Waals surface area (Å²) in [5.74, 6) is -0.643. The van der Waals surface area contributed by atoms with Gasteiger partial charge < -0.3 is 21.8 Å². The molecule has 2 aromatic heterocycles. The molecule has 0 atom stereocenters. The minimum absolute atomic E-state index is 0.108. The predicted molar refractivity (Wildman–Crippen MR) is 122 cm³/mol. The lowest BCUT2D eigenvalue weighted by Crippen LogP contribution is -2.17. The molecule has 0 fully saturated rings. The van der Waals surface area contributed by atoms with Crippen LogP contribution >= 0.6 is 0 Å². The number of aryl methyl sites for hydroxylation is 2. The third kappa shape index (κ3) is 4.80. The first-order valence-electron chi connectivity index (χ1n) is 9.75. The molecule has 30 heavy (non-hydrogen) atoms. The fraction of sp³-hybridized carbons (Fsp3) is 0.381. The van der Waals surface area contributed by atoms with Gasteiger partial charge in [0.15, 0.2) is 0 Å². The van der Waals surface area contributed by atoms with Crippen LogP contribution in [0.3, 0.4) is 0 Å². The van der Waals surface area contributed by atoms with E-state index < -0.39 is 5.91 Å². The molecule has 0 aromatic carbocycles. The number of pyridine rings is 1. The van der Waals surface area contributed by atoms with Crippen molar-refractivity contribution in [2.45, 2.75) is 34.2 Å². The van der Waals surface area contributed by atoms with Crippen LogP contribution in [0.5, 0.6) is 0 Å². The molecule has 0 aliphatic rings. The third-order valence-corrected chi connectivity index (χ3v) is 4.65. The minimum atomic E-state index is -0.643. The number of hydrogen-bond acceptors (Lipinski definition) is 7. The van der Waals surface area contributed by atoms with Gasteiger partial charge in [0.2, 0.25) is 0 Å². The van der Waals surface area contributed by atoms with Crippen molar-refractivity contribution < 1.29 is 4.79 Å². The van der Waals surface area contributed by atoms with Crippen LogP contribution in [0.1, 0.15) is 53.9 Å². The average Bonchev–Trinajstić information content (AvgIpc) is 3.11. The largest absolute Gasteiger partial charge is 0.387 e. The molecular formula is C21H30N8O. The zero-order valence-electron chi connectivity index (χ0n) is 18.4. The highest BCUT2D eigenvalue weighted by molar-refractivity contribution is 6.03. The number of hydrogen-bond donors (Lipinski definition) is 4. The highest BCUT2D eigenvalue weighted by atomic mass is 16.1. The number of aromatic nitrogens is 3. The molecule has 0 aliphatic carbocycles. The summed E-state index contributed by atoms with van der Waals surface area (Å²) in [5.41, 5.74) is 11.2. The quantitative estimate of drug-likeness (QED) is 0.470. The number of nitrogens with two attached hydrogens (primary N) is 1. The number of amides is 1. The number of anilines is 1. The topological polar surface area (TPSA) is 134 Å². The van der Waals surface area contributed by atoms with Gasteiger partial charge in [-0.25, -0.2) is 9.98 Å². The molecule has 0 bridgehead atoms. The van der Waals surface area contributed by atoms with Gasteiger partial charge in [0.1, 0.15) is 11.4 Å². The van der Waals surface area contributed by atoms with Gasteiger partial charge in [-0.05, 0) is 52.4 Å². The first-order valence-corrected chi connectivity index (χ1v) is 9.75. The summed E-state index contributed by atoms with van der Waals surface area (Å²) in [6.07, 6.45) is 1.21.